The van der Waals surface area contributed by atoms with Crippen LogP contribution >= 0.6 is 11.8 Å². The van der Waals surface area contributed by atoms with Gasteiger partial charge in [0.05, 0.1) is 13.7 Å². The fraction of sp³-hybridized carbons (Fsp3) is 0.600. The second-order valence-corrected chi connectivity index (χ2v) is 5.96. The van der Waals surface area contributed by atoms with Gasteiger partial charge in [0.1, 0.15) is 0 Å². The van der Waals surface area contributed by atoms with Crippen LogP contribution in [0.1, 0.15) is 26.3 Å². The molecule has 0 aliphatic heterocycles. The fourth-order valence-corrected chi connectivity index (χ4v) is 2.11. The zero-order valence-electron chi connectivity index (χ0n) is 12.4. The molecular formula is C15H25NO2S. The molecule has 1 aromatic rings. The van der Waals surface area contributed by atoms with Gasteiger partial charge < -0.3 is 14.8 Å². The summed E-state index contributed by atoms with van der Waals surface area (Å²) in [4.78, 5) is 0. The van der Waals surface area contributed by atoms with E-state index in [4.69, 9.17) is 9.47 Å². The molecule has 0 spiro atoms. The molecule has 108 valence electrons. The number of nitrogens with one attached hydrogen (secondary N) is 1. The van der Waals surface area contributed by atoms with E-state index in [0.29, 0.717) is 6.04 Å². The Hall–Kier alpha value is -0.870. The van der Waals surface area contributed by atoms with E-state index >= 15 is 0 Å². The summed E-state index contributed by atoms with van der Waals surface area (Å²) in [6.07, 6.45) is 0. The Morgan fingerprint density at radius 3 is 2.68 bits per heavy atom. The third-order valence-electron chi connectivity index (χ3n) is 2.63. The van der Waals surface area contributed by atoms with Crippen molar-refractivity contribution in [2.45, 2.75) is 33.4 Å². The van der Waals surface area contributed by atoms with E-state index in [1.165, 1.54) is 5.56 Å². The molecule has 0 radical (unpaired) electrons. The highest BCUT2D eigenvalue weighted by Crippen LogP contribution is 2.28. The Morgan fingerprint density at radius 2 is 2.05 bits per heavy atom. The molecule has 0 aromatic heterocycles. The van der Waals surface area contributed by atoms with Crippen LogP contribution in [-0.2, 0) is 6.54 Å². The first-order chi connectivity index (χ1) is 9.17. The molecule has 0 unspecified atom stereocenters. The molecule has 0 heterocycles. The third kappa shape index (κ3) is 6.21. The van der Waals surface area contributed by atoms with Gasteiger partial charge in [-0.05, 0) is 23.4 Å². The first kappa shape index (κ1) is 16.2. The minimum absolute atomic E-state index is 0.479. The van der Waals surface area contributed by atoms with E-state index in [1.807, 2.05) is 17.8 Å². The summed E-state index contributed by atoms with van der Waals surface area (Å²) in [5.41, 5.74) is 1.22. The molecule has 1 rings (SSSR count). The molecule has 0 aliphatic rings. The van der Waals surface area contributed by atoms with Crippen molar-refractivity contribution in [2.75, 3.05) is 25.2 Å². The lowest BCUT2D eigenvalue weighted by Gasteiger charge is -2.13. The smallest absolute Gasteiger partial charge is 0.161 e. The summed E-state index contributed by atoms with van der Waals surface area (Å²) < 4.78 is 11.1. The maximum Gasteiger partial charge on any atom is 0.161 e. The topological polar surface area (TPSA) is 30.5 Å². The lowest BCUT2D eigenvalue weighted by atomic mass is 10.2. The maximum atomic E-state index is 5.80. The third-order valence-corrected chi connectivity index (χ3v) is 3.50. The monoisotopic (exact) mass is 283 g/mol. The molecule has 0 atom stereocenters. The minimum Gasteiger partial charge on any atom is -0.493 e. The second-order valence-electron chi connectivity index (χ2n) is 4.57. The molecular weight excluding hydrogens is 258 g/mol. The molecule has 0 bridgehead atoms. The van der Waals surface area contributed by atoms with E-state index in [0.717, 1.165) is 36.2 Å². The SMILES string of the molecule is CCSCCOc1cc(CNC(C)C)ccc1OC. The van der Waals surface area contributed by atoms with Gasteiger partial charge in [0.2, 0.25) is 0 Å². The fourth-order valence-electron chi connectivity index (χ4n) is 1.62. The van der Waals surface area contributed by atoms with Crippen LogP contribution in [0.2, 0.25) is 0 Å². The largest absolute Gasteiger partial charge is 0.493 e. The van der Waals surface area contributed by atoms with Gasteiger partial charge in [-0.3, -0.25) is 0 Å². The average molecular weight is 283 g/mol. The van der Waals surface area contributed by atoms with Crippen LogP contribution in [0.15, 0.2) is 18.2 Å². The molecule has 4 heteroatoms. The van der Waals surface area contributed by atoms with E-state index in [-0.39, 0.29) is 0 Å². The van der Waals surface area contributed by atoms with Crippen molar-refractivity contribution < 1.29 is 9.47 Å². The van der Waals surface area contributed by atoms with Crippen molar-refractivity contribution in [3.8, 4) is 11.5 Å². The molecule has 1 aromatic carbocycles. The minimum atomic E-state index is 0.479. The first-order valence-corrected chi connectivity index (χ1v) is 7.93. The Bertz CT molecular complexity index is 369. The van der Waals surface area contributed by atoms with Gasteiger partial charge in [-0.1, -0.05) is 26.8 Å². The zero-order chi connectivity index (χ0) is 14.1. The first-order valence-electron chi connectivity index (χ1n) is 6.78. The Balaban J connectivity index is 2.61. The van der Waals surface area contributed by atoms with Crippen LogP contribution in [0.5, 0.6) is 11.5 Å². The summed E-state index contributed by atoms with van der Waals surface area (Å²) >= 11 is 1.88. The van der Waals surface area contributed by atoms with Crippen molar-refractivity contribution >= 4 is 11.8 Å². The Labute approximate surface area is 121 Å². The zero-order valence-corrected chi connectivity index (χ0v) is 13.2. The summed E-state index contributed by atoms with van der Waals surface area (Å²) in [5.74, 6) is 3.77. The highest BCUT2D eigenvalue weighted by Gasteiger charge is 2.06. The van der Waals surface area contributed by atoms with Crippen molar-refractivity contribution in [2.24, 2.45) is 0 Å². The molecule has 0 amide bonds. The van der Waals surface area contributed by atoms with Crippen LogP contribution < -0.4 is 14.8 Å². The van der Waals surface area contributed by atoms with Gasteiger partial charge in [-0.15, -0.1) is 0 Å². The Morgan fingerprint density at radius 1 is 1.26 bits per heavy atom. The van der Waals surface area contributed by atoms with Crippen LogP contribution in [0.4, 0.5) is 0 Å². The van der Waals surface area contributed by atoms with Crippen molar-refractivity contribution in [3.05, 3.63) is 23.8 Å². The summed E-state index contributed by atoms with van der Waals surface area (Å²) in [6.45, 7) is 8.01. The number of hydrogen-bond donors (Lipinski definition) is 1. The normalized spacial score (nSPS) is 10.8. The lowest BCUT2D eigenvalue weighted by Crippen LogP contribution is -2.21. The molecule has 0 fully saturated rings. The van der Waals surface area contributed by atoms with Crippen LogP contribution in [-0.4, -0.2) is 31.3 Å². The quantitative estimate of drug-likeness (QED) is 0.704. The predicted molar refractivity (Wildman–Crippen MR) is 83.5 cm³/mol. The van der Waals surface area contributed by atoms with E-state index in [1.54, 1.807) is 7.11 Å². The van der Waals surface area contributed by atoms with Crippen molar-refractivity contribution in [1.82, 2.24) is 5.32 Å². The highest BCUT2D eigenvalue weighted by molar-refractivity contribution is 7.99. The second kappa shape index (κ2) is 9.10. The van der Waals surface area contributed by atoms with E-state index in [2.05, 4.69) is 38.2 Å². The predicted octanol–water partition coefficient (Wildman–Crippen LogP) is 3.33. The van der Waals surface area contributed by atoms with Gasteiger partial charge >= 0.3 is 0 Å². The van der Waals surface area contributed by atoms with Crippen molar-refractivity contribution in [3.63, 3.8) is 0 Å². The van der Waals surface area contributed by atoms with Gasteiger partial charge in [-0.2, -0.15) is 11.8 Å². The molecule has 1 N–H and O–H groups in total. The van der Waals surface area contributed by atoms with E-state index < -0.39 is 0 Å². The van der Waals surface area contributed by atoms with Gasteiger partial charge in [0.25, 0.3) is 0 Å². The average Bonchev–Trinajstić information content (AvgIpc) is 2.41. The van der Waals surface area contributed by atoms with Crippen LogP contribution in [0, 0.1) is 0 Å². The summed E-state index contributed by atoms with van der Waals surface area (Å²) in [6, 6.07) is 6.58. The van der Waals surface area contributed by atoms with Crippen LogP contribution in [0.3, 0.4) is 0 Å². The molecule has 3 nitrogen and oxygen atoms in total. The number of thioether (sulfide) groups is 1. The van der Waals surface area contributed by atoms with E-state index in [9.17, 15) is 0 Å². The number of rotatable bonds is 9. The molecule has 0 saturated heterocycles. The number of hydrogen-bond acceptors (Lipinski definition) is 4. The molecule has 19 heavy (non-hydrogen) atoms. The maximum absolute atomic E-state index is 5.80. The van der Waals surface area contributed by atoms with Gasteiger partial charge in [-0.25, -0.2) is 0 Å². The molecule has 0 saturated carbocycles. The van der Waals surface area contributed by atoms with Gasteiger partial charge in [0, 0.05) is 18.3 Å². The van der Waals surface area contributed by atoms with Gasteiger partial charge in [0.15, 0.2) is 11.5 Å². The lowest BCUT2D eigenvalue weighted by molar-refractivity contribution is 0.313. The highest BCUT2D eigenvalue weighted by atomic mass is 32.2. The summed E-state index contributed by atoms with van der Waals surface area (Å²) in [5, 5.41) is 3.40. The summed E-state index contributed by atoms with van der Waals surface area (Å²) in [7, 11) is 1.68. The van der Waals surface area contributed by atoms with Crippen molar-refractivity contribution in [1.29, 1.82) is 0 Å². The molecule has 0 aliphatic carbocycles. The van der Waals surface area contributed by atoms with Crippen LogP contribution in [0.25, 0.3) is 0 Å². The standard InChI is InChI=1S/C15H25NO2S/c1-5-19-9-8-18-15-10-13(11-16-12(2)3)6-7-14(15)17-4/h6-7,10,12,16H,5,8-9,11H2,1-4H3. The number of methoxy groups -OCH3 is 1. The number of ether oxygens (including phenoxy) is 2. The number of benzene rings is 1. The Kier molecular flexibility index (Phi) is 7.75.